The Morgan fingerprint density at radius 3 is 2.36 bits per heavy atom. The van der Waals surface area contributed by atoms with Gasteiger partial charge in [0.1, 0.15) is 18.0 Å². The first-order valence-corrected chi connectivity index (χ1v) is 11.3. The van der Waals surface area contributed by atoms with Crippen LogP contribution in [-0.4, -0.2) is 48.1 Å². The fourth-order valence-electron chi connectivity index (χ4n) is 5.02. The molecule has 3 fully saturated rings. The monoisotopic (exact) mass is 385 g/mol. The average molecular weight is 386 g/mol. The predicted molar refractivity (Wildman–Crippen MR) is 113 cm³/mol. The van der Waals surface area contributed by atoms with Crippen molar-refractivity contribution in [1.29, 1.82) is 0 Å². The maximum atomic E-state index is 12.5. The third-order valence-corrected chi connectivity index (χ3v) is 6.76. The van der Waals surface area contributed by atoms with Gasteiger partial charge in [-0.25, -0.2) is 9.97 Å². The molecule has 1 amide bonds. The highest BCUT2D eigenvalue weighted by atomic mass is 16.1. The van der Waals surface area contributed by atoms with E-state index in [4.69, 9.17) is 0 Å². The van der Waals surface area contributed by atoms with Crippen LogP contribution < -0.4 is 15.1 Å². The average Bonchev–Trinajstić information content (AvgIpc) is 2.75. The van der Waals surface area contributed by atoms with Gasteiger partial charge in [-0.3, -0.25) is 4.79 Å². The van der Waals surface area contributed by atoms with Crippen LogP contribution in [-0.2, 0) is 4.79 Å². The summed E-state index contributed by atoms with van der Waals surface area (Å²) in [7, 11) is 0. The molecule has 3 heterocycles. The summed E-state index contributed by atoms with van der Waals surface area (Å²) in [6, 6.07) is 2.47. The van der Waals surface area contributed by atoms with Gasteiger partial charge >= 0.3 is 0 Å². The number of nitrogens with zero attached hydrogens (tertiary/aromatic N) is 4. The van der Waals surface area contributed by atoms with E-state index in [2.05, 4.69) is 38.1 Å². The quantitative estimate of drug-likeness (QED) is 0.861. The molecule has 154 valence electrons. The number of carbonyl (C=O) groups excluding carboxylic acids is 1. The predicted octanol–water partition coefficient (Wildman–Crippen LogP) is 3.38. The minimum absolute atomic E-state index is 0.253. The second-order valence-electron chi connectivity index (χ2n) is 9.03. The summed E-state index contributed by atoms with van der Waals surface area (Å²) in [6.07, 6.45) is 12.1. The lowest BCUT2D eigenvalue weighted by Gasteiger charge is -2.35. The van der Waals surface area contributed by atoms with Crippen molar-refractivity contribution in [2.45, 2.75) is 70.8 Å². The van der Waals surface area contributed by atoms with Gasteiger partial charge in [0.05, 0.1) is 0 Å². The van der Waals surface area contributed by atoms with Crippen molar-refractivity contribution in [3.05, 3.63) is 12.4 Å². The molecule has 6 nitrogen and oxygen atoms in total. The van der Waals surface area contributed by atoms with E-state index in [0.717, 1.165) is 69.4 Å². The van der Waals surface area contributed by atoms with E-state index in [1.54, 1.807) is 6.33 Å². The number of anilines is 2. The molecule has 1 saturated carbocycles. The summed E-state index contributed by atoms with van der Waals surface area (Å²) >= 11 is 0. The van der Waals surface area contributed by atoms with Crippen LogP contribution in [0.25, 0.3) is 0 Å². The molecule has 4 rings (SSSR count). The smallest absolute Gasteiger partial charge is 0.223 e. The van der Waals surface area contributed by atoms with Crippen molar-refractivity contribution in [2.24, 2.45) is 11.8 Å². The van der Waals surface area contributed by atoms with E-state index in [1.807, 2.05) is 0 Å². The largest absolute Gasteiger partial charge is 0.356 e. The standard InChI is InChI=1S/C22H35N5O/c1-17-6-5-11-27(15-17)21-14-20(23-16-24-21)26-12-9-19(10-13-26)25-22(28)18-7-3-2-4-8-18/h14,16-19H,2-13,15H2,1H3,(H,25,28). The summed E-state index contributed by atoms with van der Waals surface area (Å²) in [5.41, 5.74) is 0. The Kier molecular flexibility index (Phi) is 6.33. The molecule has 1 aliphatic carbocycles. The van der Waals surface area contributed by atoms with Gasteiger partial charge < -0.3 is 15.1 Å². The van der Waals surface area contributed by atoms with Crippen LogP contribution >= 0.6 is 0 Å². The zero-order chi connectivity index (χ0) is 19.3. The molecule has 1 N–H and O–H groups in total. The molecule has 2 saturated heterocycles. The first-order valence-electron chi connectivity index (χ1n) is 11.3. The number of aromatic nitrogens is 2. The van der Waals surface area contributed by atoms with Gasteiger partial charge in [0.15, 0.2) is 0 Å². The van der Waals surface area contributed by atoms with E-state index < -0.39 is 0 Å². The second kappa shape index (κ2) is 9.10. The van der Waals surface area contributed by atoms with E-state index >= 15 is 0 Å². The highest BCUT2D eigenvalue weighted by molar-refractivity contribution is 5.79. The molecule has 28 heavy (non-hydrogen) atoms. The lowest BCUT2D eigenvalue weighted by Crippen LogP contribution is -2.46. The van der Waals surface area contributed by atoms with Crippen LogP contribution in [0.5, 0.6) is 0 Å². The Balaban J connectivity index is 1.30. The molecule has 1 unspecified atom stereocenters. The first-order chi connectivity index (χ1) is 13.7. The van der Waals surface area contributed by atoms with Crippen molar-refractivity contribution in [3.63, 3.8) is 0 Å². The molecular formula is C22H35N5O. The fraction of sp³-hybridized carbons (Fsp3) is 0.773. The molecule has 3 aliphatic rings. The zero-order valence-electron chi connectivity index (χ0n) is 17.3. The normalized spacial score (nSPS) is 25.0. The third kappa shape index (κ3) is 4.76. The molecule has 0 aromatic carbocycles. The second-order valence-corrected chi connectivity index (χ2v) is 9.03. The van der Waals surface area contributed by atoms with Crippen LogP contribution in [0.4, 0.5) is 11.6 Å². The van der Waals surface area contributed by atoms with Gasteiger partial charge in [-0.15, -0.1) is 0 Å². The van der Waals surface area contributed by atoms with Crippen LogP contribution in [0.15, 0.2) is 12.4 Å². The van der Waals surface area contributed by atoms with Crippen molar-refractivity contribution in [2.75, 3.05) is 36.0 Å². The van der Waals surface area contributed by atoms with Gasteiger partial charge in [0, 0.05) is 44.2 Å². The molecule has 1 aromatic rings. The molecule has 2 aliphatic heterocycles. The third-order valence-electron chi connectivity index (χ3n) is 6.76. The Morgan fingerprint density at radius 2 is 1.64 bits per heavy atom. The van der Waals surface area contributed by atoms with Crippen molar-refractivity contribution >= 4 is 17.5 Å². The molecular weight excluding hydrogens is 350 g/mol. The van der Waals surface area contributed by atoms with E-state index in [9.17, 15) is 4.79 Å². The van der Waals surface area contributed by atoms with Crippen molar-refractivity contribution in [1.82, 2.24) is 15.3 Å². The van der Waals surface area contributed by atoms with Gasteiger partial charge in [-0.1, -0.05) is 26.2 Å². The molecule has 1 atom stereocenters. The van der Waals surface area contributed by atoms with Gasteiger partial charge in [-0.05, 0) is 44.4 Å². The number of carbonyl (C=O) groups is 1. The summed E-state index contributed by atoms with van der Waals surface area (Å²) < 4.78 is 0. The van der Waals surface area contributed by atoms with Gasteiger partial charge in [0.2, 0.25) is 5.91 Å². The first kappa shape index (κ1) is 19.5. The zero-order valence-corrected chi connectivity index (χ0v) is 17.3. The van der Waals surface area contributed by atoms with Gasteiger partial charge in [-0.2, -0.15) is 0 Å². The van der Waals surface area contributed by atoms with Crippen LogP contribution in [0, 0.1) is 11.8 Å². The Bertz CT molecular complexity index is 652. The van der Waals surface area contributed by atoms with Gasteiger partial charge in [0.25, 0.3) is 0 Å². The highest BCUT2D eigenvalue weighted by Gasteiger charge is 2.26. The minimum atomic E-state index is 0.253. The highest BCUT2D eigenvalue weighted by Crippen LogP contribution is 2.26. The summed E-state index contributed by atoms with van der Waals surface area (Å²) in [5, 5.41) is 3.32. The number of nitrogens with one attached hydrogen (secondary N) is 1. The van der Waals surface area contributed by atoms with E-state index in [1.165, 1.54) is 32.1 Å². The molecule has 0 spiro atoms. The summed E-state index contributed by atoms with van der Waals surface area (Å²) in [5.74, 6) is 3.37. The Morgan fingerprint density at radius 1 is 0.929 bits per heavy atom. The molecule has 0 radical (unpaired) electrons. The number of amides is 1. The maximum absolute atomic E-state index is 12.5. The SMILES string of the molecule is CC1CCCN(c2cc(N3CCC(NC(=O)C4CCCCC4)CC3)ncn2)C1. The Hall–Kier alpha value is -1.85. The van der Waals surface area contributed by atoms with E-state index in [-0.39, 0.29) is 5.92 Å². The fourth-order valence-corrected chi connectivity index (χ4v) is 5.02. The summed E-state index contributed by atoms with van der Waals surface area (Å²) in [4.78, 5) is 26.3. The molecule has 6 heteroatoms. The number of hydrogen-bond donors (Lipinski definition) is 1. The van der Waals surface area contributed by atoms with Crippen LogP contribution in [0.1, 0.15) is 64.7 Å². The molecule has 1 aromatic heterocycles. The Labute approximate surface area is 169 Å². The van der Waals surface area contributed by atoms with Crippen molar-refractivity contribution in [3.8, 4) is 0 Å². The minimum Gasteiger partial charge on any atom is -0.356 e. The lowest BCUT2D eigenvalue weighted by molar-refractivity contribution is -0.126. The topological polar surface area (TPSA) is 61.4 Å². The number of rotatable bonds is 4. The maximum Gasteiger partial charge on any atom is 0.223 e. The lowest BCUT2D eigenvalue weighted by atomic mass is 9.88. The molecule has 0 bridgehead atoms. The number of piperidine rings is 2. The van der Waals surface area contributed by atoms with Crippen LogP contribution in [0.2, 0.25) is 0 Å². The van der Waals surface area contributed by atoms with E-state index in [0.29, 0.717) is 11.9 Å². The van der Waals surface area contributed by atoms with Crippen LogP contribution in [0.3, 0.4) is 0 Å². The number of hydrogen-bond acceptors (Lipinski definition) is 5. The van der Waals surface area contributed by atoms with Crippen molar-refractivity contribution < 1.29 is 4.79 Å². The summed E-state index contributed by atoms with van der Waals surface area (Å²) in [6.45, 7) is 6.40.